The molecular formula is C32H42N4O2. The van der Waals surface area contributed by atoms with E-state index < -0.39 is 5.60 Å². The number of benzene rings is 2. The van der Waals surface area contributed by atoms with Gasteiger partial charge in [-0.25, -0.2) is 9.78 Å². The number of nitrogens with zero attached hydrogens (tertiary/aromatic N) is 4. The molecule has 4 atom stereocenters. The summed E-state index contributed by atoms with van der Waals surface area (Å²) in [5.41, 5.74) is 4.66. The van der Waals surface area contributed by atoms with E-state index in [1.54, 1.807) is 0 Å². The summed E-state index contributed by atoms with van der Waals surface area (Å²) >= 11 is 0. The third kappa shape index (κ3) is 4.51. The SMILES string of the molecule is Cc1nc2ccccc2n1[C@H]1C[C@H]2CC[C@@H](C1)N2CC1(CN(C)C(=O)OC(C)(C)C)CCc2ccccc21. The number of fused-ring (bicyclic) bond motifs is 4. The van der Waals surface area contributed by atoms with Crippen molar-refractivity contribution in [1.82, 2.24) is 19.4 Å². The number of amides is 1. The summed E-state index contributed by atoms with van der Waals surface area (Å²) in [4.78, 5) is 22.5. The number of aromatic nitrogens is 2. The highest BCUT2D eigenvalue weighted by molar-refractivity contribution is 5.76. The molecule has 1 aliphatic carbocycles. The van der Waals surface area contributed by atoms with Crippen LogP contribution in [0.2, 0.25) is 0 Å². The van der Waals surface area contributed by atoms with Crippen molar-refractivity contribution in [2.75, 3.05) is 20.1 Å². The number of rotatable bonds is 5. The fourth-order valence-corrected chi connectivity index (χ4v) is 7.69. The van der Waals surface area contributed by atoms with Crippen LogP contribution in [0.4, 0.5) is 4.79 Å². The van der Waals surface area contributed by atoms with Crippen LogP contribution in [0.1, 0.15) is 75.9 Å². The lowest BCUT2D eigenvalue weighted by Crippen LogP contribution is -2.53. The molecule has 1 amide bonds. The summed E-state index contributed by atoms with van der Waals surface area (Å²) in [6.07, 6.45) is 6.76. The highest BCUT2D eigenvalue weighted by Gasteiger charge is 2.48. The summed E-state index contributed by atoms with van der Waals surface area (Å²) in [6, 6.07) is 19.1. The molecule has 0 spiro atoms. The third-order valence-corrected chi connectivity index (χ3v) is 9.19. The Hall–Kier alpha value is -2.86. The van der Waals surface area contributed by atoms with Crippen LogP contribution in [0.15, 0.2) is 48.5 Å². The maximum absolute atomic E-state index is 13.0. The van der Waals surface area contributed by atoms with Gasteiger partial charge >= 0.3 is 6.09 Å². The minimum absolute atomic E-state index is 0.0759. The molecule has 2 bridgehead atoms. The second-order valence-electron chi connectivity index (χ2n) is 13.0. The fraction of sp³-hybridized carbons (Fsp3) is 0.562. The Morgan fingerprint density at radius 1 is 1.05 bits per heavy atom. The van der Waals surface area contributed by atoms with Gasteiger partial charge in [-0.2, -0.15) is 0 Å². The van der Waals surface area contributed by atoms with E-state index in [1.165, 1.54) is 29.5 Å². The van der Waals surface area contributed by atoms with Gasteiger partial charge in [-0.05, 0) is 89.5 Å². The van der Waals surface area contributed by atoms with E-state index in [1.807, 2.05) is 32.7 Å². The molecule has 6 heteroatoms. The van der Waals surface area contributed by atoms with Crippen molar-refractivity contribution in [3.63, 3.8) is 0 Å². The van der Waals surface area contributed by atoms with Crippen molar-refractivity contribution in [2.24, 2.45) is 0 Å². The summed E-state index contributed by atoms with van der Waals surface area (Å²) in [5.74, 6) is 1.13. The Bertz CT molecular complexity index is 1330. The zero-order valence-corrected chi connectivity index (χ0v) is 23.6. The molecule has 2 saturated heterocycles. The standard InChI is InChI=1S/C32H42N4O2/c1-22-33-28-12-8-9-13-29(28)36(22)26-18-24-14-15-25(19-26)35(24)21-32(17-16-23-10-6-7-11-27(23)32)20-34(5)30(37)38-31(2,3)4/h6-13,24-26H,14-21H2,1-5H3/t24-,25+,26+,32?. The van der Waals surface area contributed by atoms with Crippen LogP contribution in [0.5, 0.6) is 0 Å². The van der Waals surface area contributed by atoms with Crippen LogP contribution in [0.25, 0.3) is 11.0 Å². The van der Waals surface area contributed by atoms with E-state index in [2.05, 4.69) is 64.9 Å². The average Bonchev–Trinajstić information content (AvgIpc) is 3.46. The van der Waals surface area contributed by atoms with Crippen molar-refractivity contribution in [3.05, 3.63) is 65.5 Å². The Morgan fingerprint density at radius 2 is 1.74 bits per heavy atom. The quantitative estimate of drug-likeness (QED) is 0.403. The Labute approximate surface area is 227 Å². The van der Waals surface area contributed by atoms with E-state index in [9.17, 15) is 4.79 Å². The summed E-state index contributed by atoms with van der Waals surface area (Å²) < 4.78 is 8.26. The second kappa shape index (κ2) is 9.41. The number of carbonyl (C=O) groups is 1. The molecule has 2 aromatic carbocycles. The zero-order chi connectivity index (χ0) is 26.7. The highest BCUT2D eigenvalue weighted by atomic mass is 16.6. The van der Waals surface area contributed by atoms with Crippen LogP contribution >= 0.6 is 0 Å². The van der Waals surface area contributed by atoms with Gasteiger partial charge in [0.2, 0.25) is 0 Å². The Kier molecular flexibility index (Phi) is 6.29. The number of ether oxygens (including phenoxy) is 1. The van der Waals surface area contributed by atoms with Crippen molar-refractivity contribution in [2.45, 2.75) is 95.4 Å². The largest absolute Gasteiger partial charge is 0.444 e. The number of hydrogen-bond acceptors (Lipinski definition) is 4. The molecule has 3 aromatic rings. The van der Waals surface area contributed by atoms with Crippen LogP contribution in [-0.2, 0) is 16.6 Å². The van der Waals surface area contributed by atoms with Crippen molar-refractivity contribution in [3.8, 4) is 0 Å². The minimum Gasteiger partial charge on any atom is -0.444 e. The molecule has 38 heavy (non-hydrogen) atoms. The maximum Gasteiger partial charge on any atom is 0.410 e. The second-order valence-corrected chi connectivity index (χ2v) is 13.0. The molecular weight excluding hydrogens is 472 g/mol. The molecule has 6 rings (SSSR count). The topological polar surface area (TPSA) is 50.6 Å². The number of imidazole rings is 1. The van der Waals surface area contributed by atoms with Crippen LogP contribution < -0.4 is 0 Å². The lowest BCUT2D eigenvalue weighted by atomic mass is 9.79. The summed E-state index contributed by atoms with van der Waals surface area (Å²) in [5, 5.41) is 0. The fourth-order valence-electron chi connectivity index (χ4n) is 7.69. The first-order valence-electron chi connectivity index (χ1n) is 14.4. The van der Waals surface area contributed by atoms with E-state index >= 15 is 0 Å². The molecule has 6 nitrogen and oxygen atoms in total. The average molecular weight is 515 g/mol. The third-order valence-electron chi connectivity index (χ3n) is 9.19. The first kappa shape index (κ1) is 25.4. The number of aryl methyl sites for hydroxylation is 2. The smallest absolute Gasteiger partial charge is 0.410 e. The first-order valence-corrected chi connectivity index (χ1v) is 14.4. The molecule has 2 aliphatic heterocycles. The number of likely N-dealkylation sites (N-methyl/N-ethyl adjacent to an activating group) is 1. The van der Waals surface area contributed by atoms with Crippen LogP contribution in [0.3, 0.4) is 0 Å². The van der Waals surface area contributed by atoms with Gasteiger partial charge in [0.25, 0.3) is 0 Å². The Balaban J connectivity index is 1.26. The zero-order valence-electron chi connectivity index (χ0n) is 23.6. The predicted molar refractivity (Wildman–Crippen MR) is 152 cm³/mol. The van der Waals surface area contributed by atoms with Gasteiger partial charge < -0.3 is 14.2 Å². The maximum atomic E-state index is 13.0. The molecule has 202 valence electrons. The molecule has 3 heterocycles. The van der Waals surface area contributed by atoms with Gasteiger partial charge in [0.1, 0.15) is 11.4 Å². The molecule has 0 saturated carbocycles. The molecule has 0 N–H and O–H groups in total. The van der Waals surface area contributed by atoms with E-state index in [-0.39, 0.29) is 11.5 Å². The van der Waals surface area contributed by atoms with Gasteiger partial charge in [-0.3, -0.25) is 4.90 Å². The molecule has 1 aromatic heterocycles. The van der Waals surface area contributed by atoms with E-state index in [0.29, 0.717) is 24.7 Å². The van der Waals surface area contributed by atoms with Gasteiger partial charge in [0.15, 0.2) is 0 Å². The van der Waals surface area contributed by atoms with Crippen LogP contribution in [-0.4, -0.2) is 63.3 Å². The lowest BCUT2D eigenvalue weighted by Gasteiger charge is -2.45. The summed E-state index contributed by atoms with van der Waals surface area (Å²) in [6.45, 7) is 9.66. The van der Waals surface area contributed by atoms with E-state index in [4.69, 9.17) is 9.72 Å². The number of hydrogen-bond donors (Lipinski definition) is 0. The van der Waals surface area contributed by atoms with Crippen molar-refractivity contribution < 1.29 is 9.53 Å². The molecule has 1 unspecified atom stereocenters. The van der Waals surface area contributed by atoms with Crippen LogP contribution in [0, 0.1) is 6.92 Å². The van der Waals surface area contributed by atoms with Crippen molar-refractivity contribution in [1.29, 1.82) is 0 Å². The number of carbonyl (C=O) groups excluding carboxylic acids is 1. The molecule has 0 radical (unpaired) electrons. The highest BCUT2D eigenvalue weighted by Crippen LogP contribution is 2.47. The summed E-state index contributed by atoms with van der Waals surface area (Å²) in [7, 11) is 1.91. The van der Waals surface area contributed by atoms with Gasteiger partial charge in [-0.1, -0.05) is 36.4 Å². The monoisotopic (exact) mass is 514 g/mol. The lowest BCUT2D eigenvalue weighted by molar-refractivity contribution is 0.0204. The molecule has 3 aliphatic rings. The molecule has 2 fully saturated rings. The van der Waals surface area contributed by atoms with Gasteiger partial charge in [-0.15, -0.1) is 0 Å². The first-order chi connectivity index (χ1) is 18.1. The Morgan fingerprint density at radius 3 is 2.47 bits per heavy atom. The van der Waals surface area contributed by atoms with Gasteiger partial charge in [0.05, 0.1) is 11.0 Å². The normalized spacial score (nSPS) is 27.0. The minimum atomic E-state index is -0.497. The van der Waals surface area contributed by atoms with Crippen molar-refractivity contribution >= 4 is 17.1 Å². The number of piperidine rings is 1. The predicted octanol–water partition coefficient (Wildman–Crippen LogP) is 6.26. The number of para-hydroxylation sites is 2. The van der Waals surface area contributed by atoms with Gasteiger partial charge in [0, 0.05) is 43.7 Å². The van der Waals surface area contributed by atoms with E-state index in [0.717, 1.165) is 43.6 Å².